The van der Waals surface area contributed by atoms with Gasteiger partial charge in [0.05, 0.1) is 7.11 Å². The predicted molar refractivity (Wildman–Crippen MR) is 119 cm³/mol. The molecule has 1 aliphatic rings. The molecule has 1 aliphatic heterocycles. The molecule has 1 saturated heterocycles. The van der Waals surface area contributed by atoms with Crippen LogP contribution < -0.4 is 5.32 Å². The summed E-state index contributed by atoms with van der Waals surface area (Å²) in [4.78, 5) is 58.7. The third kappa shape index (κ3) is 10.4. The van der Waals surface area contributed by atoms with Crippen molar-refractivity contribution in [1.29, 1.82) is 0 Å². The highest BCUT2D eigenvalue weighted by molar-refractivity contribution is 7.99. The first-order valence-electron chi connectivity index (χ1n) is 10.4. The van der Waals surface area contributed by atoms with Crippen molar-refractivity contribution < 1.29 is 52.4 Å². The van der Waals surface area contributed by atoms with Crippen molar-refractivity contribution in [2.45, 2.75) is 63.4 Å². The minimum atomic E-state index is -1.20. The zero-order valence-electron chi connectivity index (χ0n) is 19.6. The Balaban J connectivity index is 3.22. The zero-order valence-corrected chi connectivity index (χ0v) is 20.4. The third-order valence-corrected chi connectivity index (χ3v) is 5.61. The summed E-state index contributed by atoms with van der Waals surface area (Å²) in [6.45, 7) is 6.62. The molecule has 0 spiro atoms. The van der Waals surface area contributed by atoms with Gasteiger partial charge in [-0.2, -0.15) is 0 Å². The summed E-state index contributed by atoms with van der Waals surface area (Å²) >= 11 is 1.22. The summed E-state index contributed by atoms with van der Waals surface area (Å²) in [7, 11) is 1.28. The maximum Gasteiger partial charge on any atom is 0.407 e. The second kappa shape index (κ2) is 15.2. The van der Waals surface area contributed by atoms with Gasteiger partial charge in [0.1, 0.15) is 30.8 Å². The molecule has 0 aromatic heterocycles. The first kappa shape index (κ1) is 29.2. The predicted octanol–water partition coefficient (Wildman–Crippen LogP) is 1.11. The molecule has 1 fully saturated rings. The molecule has 1 amide bonds. The fourth-order valence-electron chi connectivity index (χ4n) is 3.03. The molecular weight excluding hydrogens is 474 g/mol. The van der Waals surface area contributed by atoms with Crippen LogP contribution in [0.5, 0.6) is 0 Å². The second-order valence-corrected chi connectivity index (χ2v) is 8.31. The molecule has 0 aromatic carbocycles. The van der Waals surface area contributed by atoms with Crippen LogP contribution in [0.1, 0.15) is 33.6 Å². The number of alkyl carbamates (subject to hydrolysis) is 1. The highest BCUT2D eigenvalue weighted by Gasteiger charge is 2.51. The highest BCUT2D eigenvalue weighted by Crippen LogP contribution is 2.33. The van der Waals surface area contributed by atoms with Crippen molar-refractivity contribution in [2.75, 3.05) is 26.1 Å². The lowest BCUT2D eigenvalue weighted by atomic mass is 9.97. The molecule has 5 atom stereocenters. The number of amides is 1. The van der Waals surface area contributed by atoms with Gasteiger partial charge < -0.3 is 33.7 Å². The molecule has 0 bridgehead atoms. The van der Waals surface area contributed by atoms with E-state index in [0.29, 0.717) is 12.2 Å². The number of thioether (sulfide) groups is 1. The van der Waals surface area contributed by atoms with E-state index in [0.717, 1.165) is 13.8 Å². The maximum atomic E-state index is 12.3. The first-order chi connectivity index (χ1) is 16.1. The molecular formula is C21H31NO11S. The van der Waals surface area contributed by atoms with Crippen molar-refractivity contribution in [1.82, 2.24) is 5.32 Å². The van der Waals surface area contributed by atoms with Gasteiger partial charge in [-0.3, -0.25) is 19.2 Å². The number of rotatable bonds is 12. The maximum absolute atomic E-state index is 12.3. The standard InChI is InChI=1S/C21H31NO11S/c1-6-9-29-21(27)22-17-19(32-14(4)25)18(31-13(3)24)15(11-30-12(2)23)33-20(17)34-10-7-8-16(26)28-5/h6,15,17-20H,1,7-11H2,2-5H3,(H,22,27)/t15-,17+,18-,19+,20+/m1/s1. The Morgan fingerprint density at radius 3 is 2.21 bits per heavy atom. The molecule has 0 unspecified atom stereocenters. The summed E-state index contributed by atoms with van der Waals surface area (Å²) < 4.78 is 31.5. The molecule has 34 heavy (non-hydrogen) atoms. The smallest absolute Gasteiger partial charge is 0.407 e. The number of carbonyl (C=O) groups excluding carboxylic acids is 5. The van der Waals surface area contributed by atoms with Gasteiger partial charge in [0.25, 0.3) is 0 Å². The summed E-state index contributed by atoms with van der Waals surface area (Å²) in [5.41, 5.74) is -0.842. The fraction of sp³-hybridized carbons (Fsp3) is 0.667. The van der Waals surface area contributed by atoms with E-state index in [1.807, 2.05) is 0 Å². The van der Waals surface area contributed by atoms with Crippen molar-refractivity contribution in [2.24, 2.45) is 0 Å². The second-order valence-electron chi connectivity index (χ2n) is 7.10. The normalized spacial score (nSPS) is 23.7. The Morgan fingerprint density at radius 1 is 1.00 bits per heavy atom. The number of methoxy groups -OCH3 is 1. The van der Waals surface area contributed by atoms with Gasteiger partial charge >= 0.3 is 30.0 Å². The Kier molecular flexibility index (Phi) is 13.0. The van der Waals surface area contributed by atoms with E-state index in [-0.39, 0.29) is 25.6 Å². The van der Waals surface area contributed by atoms with Gasteiger partial charge in [0, 0.05) is 27.2 Å². The lowest BCUT2D eigenvalue weighted by Crippen LogP contribution is -2.65. The van der Waals surface area contributed by atoms with Crippen LogP contribution in [0.15, 0.2) is 12.7 Å². The molecule has 1 rings (SSSR count). The van der Waals surface area contributed by atoms with E-state index in [2.05, 4.69) is 16.6 Å². The van der Waals surface area contributed by atoms with E-state index in [1.165, 1.54) is 31.9 Å². The van der Waals surface area contributed by atoms with Gasteiger partial charge in [-0.25, -0.2) is 4.79 Å². The average Bonchev–Trinajstić information content (AvgIpc) is 2.76. The zero-order chi connectivity index (χ0) is 25.7. The van der Waals surface area contributed by atoms with Gasteiger partial charge in [0.2, 0.25) is 0 Å². The van der Waals surface area contributed by atoms with Crippen molar-refractivity contribution >= 4 is 41.7 Å². The monoisotopic (exact) mass is 505 g/mol. The van der Waals surface area contributed by atoms with Crippen LogP contribution in [-0.4, -0.2) is 85.8 Å². The van der Waals surface area contributed by atoms with Crippen molar-refractivity contribution in [3.63, 3.8) is 0 Å². The van der Waals surface area contributed by atoms with E-state index < -0.39 is 53.8 Å². The van der Waals surface area contributed by atoms with Crippen LogP contribution in [0.25, 0.3) is 0 Å². The Bertz CT molecular complexity index is 744. The minimum absolute atomic E-state index is 0.0724. The fourth-order valence-corrected chi connectivity index (χ4v) is 4.22. The van der Waals surface area contributed by atoms with Crippen LogP contribution in [0.2, 0.25) is 0 Å². The number of ether oxygens (including phenoxy) is 6. The van der Waals surface area contributed by atoms with Crippen LogP contribution in [0.3, 0.4) is 0 Å². The lowest BCUT2D eigenvalue weighted by Gasteiger charge is -2.45. The topological polar surface area (TPSA) is 153 Å². The Hall–Kier alpha value is -2.80. The molecule has 0 saturated carbocycles. The number of hydrogen-bond acceptors (Lipinski definition) is 12. The molecule has 192 valence electrons. The number of esters is 4. The van der Waals surface area contributed by atoms with Crippen LogP contribution in [0, 0.1) is 0 Å². The highest BCUT2D eigenvalue weighted by atomic mass is 32.2. The Morgan fingerprint density at radius 2 is 1.65 bits per heavy atom. The molecule has 0 aromatic rings. The number of hydrogen-bond donors (Lipinski definition) is 1. The summed E-state index contributed by atoms with van der Waals surface area (Å²) in [6.07, 6.45) is -2.26. The quantitative estimate of drug-likeness (QED) is 0.175. The van der Waals surface area contributed by atoms with Crippen LogP contribution >= 0.6 is 11.8 Å². The number of nitrogens with one attached hydrogen (secondary N) is 1. The first-order valence-corrected chi connectivity index (χ1v) is 11.5. The molecule has 1 heterocycles. The van der Waals surface area contributed by atoms with E-state index >= 15 is 0 Å². The van der Waals surface area contributed by atoms with E-state index in [9.17, 15) is 24.0 Å². The van der Waals surface area contributed by atoms with Crippen molar-refractivity contribution in [3.05, 3.63) is 12.7 Å². The summed E-state index contributed by atoms with van der Waals surface area (Å²) in [5.74, 6) is -1.96. The molecule has 12 nitrogen and oxygen atoms in total. The van der Waals surface area contributed by atoms with Gasteiger partial charge in [-0.15, -0.1) is 11.8 Å². The number of carbonyl (C=O) groups is 5. The molecule has 1 N–H and O–H groups in total. The summed E-state index contributed by atoms with van der Waals surface area (Å²) in [5, 5.41) is 2.59. The van der Waals surface area contributed by atoms with Gasteiger partial charge in [-0.05, 0) is 12.2 Å². The van der Waals surface area contributed by atoms with E-state index in [1.54, 1.807) is 0 Å². The molecule has 13 heteroatoms. The summed E-state index contributed by atoms with van der Waals surface area (Å²) in [6, 6.07) is -1.01. The Labute approximate surface area is 202 Å². The van der Waals surface area contributed by atoms with Crippen molar-refractivity contribution in [3.8, 4) is 0 Å². The lowest BCUT2D eigenvalue weighted by molar-refractivity contribution is -0.211. The largest absolute Gasteiger partial charge is 0.469 e. The minimum Gasteiger partial charge on any atom is -0.469 e. The van der Waals surface area contributed by atoms with Gasteiger partial charge in [0.15, 0.2) is 12.2 Å². The van der Waals surface area contributed by atoms with Gasteiger partial charge in [-0.1, -0.05) is 12.7 Å². The average molecular weight is 506 g/mol. The molecule has 0 radical (unpaired) electrons. The SMILES string of the molecule is C=CCOC(=O)N[C@H]1[C@H](OC(C)=O)[C@H](OC(C)=O)[C@@H](COC(C)=O)O[C@H]1SCCCC(=O)OC. The third-order valence-electron chi connectivity index (χ3n) is 4.35. The van der Waals surface area contributed by atoms with E-state index in [4.69, 9.17) is 23.7 Å². The van der Waals surface area contributed by atoms with Crippen LogP contribution in [0.4, 0.5) is 4.79 Å². The molecule has 0 aliphatic carbocycles. The van der Waals surface area contributed by atoms with Crippen LogP contribution in [-0.2, 0) is 47.6 Å².